The van der Waals surface area contributed by atoms with Crippen molar-refractivity contribution in [1.29, 1.82) is 0 Å². The number of primary sulfonamides is 1. The zero-order valence-electron chi connectivity index (χ0n) is 15.6. The van der Waals surface area contributed by atoms with Crippen molar-refractivity contribution in [3.63, 3.8) is 0 Å². The standard InChI is InChI=1S/C20H21N3O4S/c1-3-12-27-19-7-5-4-6-15(19)13-18-14(2)22-23(20(18)24)16-8-10-17(11-9-16)28(21,25)26/h4-11,13H,3,12H2,1-2H3,(H2,21,25,26)/b18-13-. The SMILES string of the molecule is CCCOc1ccccc1/C=C1\C(=O)N(c2ccc(S(N)(=O)=O)cc2)N=C1C. The number of amides is 1. The van der Waals surface area contributed by atoms with Gasteiger partial charge in [-0.2, -0.15) is 10.1 Å². The first-order chi connectivity index (χ1) is 13.3. The molecule has 0 spiro atoms. The molecular weight excluding hydrogens is 378 g/mol. The van der Waals surface area contributed by atoms with E-state index in [0.717, 1.165) is 12.0 Å². The number of nitrogens with two attached hydrogens (primary N) is 1. The first kappa shape index (κ1) is 19.8. The third-order valence-corrected chi connectivity index (χ3v) is 5.08. The first-order valence-corrected chi connectivity index (χ1v) is 10.3. The van der Waals surface area contributed by atoms with E-state index in [-0.39, 0.29) is 10.8 Å². The van der Waals surface area contributed by atoms with Gasteiger partial charge in [0.1, 0.15) is 5.75 Å². The highest BCUT2D eigenvalue weighted by molar-refractivity contribution is 7.89. The maximum atomic E-state index is 12.9. The van der Waals surface area contributed by atoms with Gasteiger partial charge in [0, 0.05) is 5.56 Å². The summed E-state index contributed by atoms with van der Waals surface area (Å²) in [6.07, 6.45) is 2.64. The zero-order chi connectivity index (χ0) is 20.3. The van der Waals surface area contributed by atoms with Crippen LogP contribution in [-0.2, 0) is 14.8 Å². The zero-order valence-corrected chi connectivity index (χ0v) is 16.4. The molecule has 2 aromatic carbocycles. The van der Waals surface area contributed by atoms with E-state index in [1.807, 2.05) is 31.2 Å². The summed E-state index contributed by atoms with van der Waals surface area (Å²) in [5.41, 5.74) is 2.25. The largest absolute Gasteiger partial charge is 0.493 e. The van der Waals surface area contributed by atoms with Crippen molar-refractivity contribution in [2.75, 3.05) is 11.6 Å². The van der Waals surface area contributed by atoms with E-state index in [0.29, 0.717) is 29.3 Å². The molecular formula is C20H21N3O4S. The fourth-order valence-corrected chi connectivity index (χ4v) is 3.25. The molecule has 1 heterocycles. The third-order valence-electron chi connectivity index (χ3n) is 4.15. The highest BCUT2D eigenvalue weighted by Gasteiger charge is 2.29. The van der Waals surface area contributed by atoms with Crippen LogP contribution in [0.15, 0.2) is 64.1 Å². The molecule has 0 saturated heterocycles. The molecule has 1 amide bonds. The highest BCUT2D eigenvalue weighted by Crippen LogP contribution is 2.28. The maximum Gasteiger partial charge on any atom is 0.280 e. The quantitative estimate of drug-likeness (QED) is 0.755. The van der Waals surface area contributed by atoms with Crippen molar-refractivity contribution < 1.29 is 17.9 Å². The van der Waals surface area contributed by atoms with Gasteiger partial charge in [0.2, 0.25) is 10.0 Å². The summed E-state index contributed by atoms with van der Waals surface area (Å²) < 4.78 is 28.5. The normalized spacial score (nSPS) is 15.8. The molecule has 146 valence electrons. The van der Waals surface area contributed by atoms with Gasteiger partial charge in [0.25, 0.3) is 5.91 Å². The Hall–Kier alpha value is -2.97. The van der Waals surface area contributed by atoms with Crippen molar-refractivity contribution in [1.82, 2.24) is 0 Å². The maximum absolute atomic E-state index is 12.9. The number of rotatable bonds is 6. The van der Waals surface area contributed by atoms with Crippen LogP contribution in [-0.4, -0.2) is 26.6 Å². The highest BCUT2D eigenvalue weighted by atomic mass is 32.2. The van der Waals surface area contributed by atoms with Crippen LogP contribution in [0.5, 0.6) is 5.75 Å². The molecule has 7 nitrogen and oxygen atoms in total. The molecule has 0 unspecified atom stereocenters. The number of carbonyl (C=O) groups is 1. The van der Waals surface area contributed by atoms with E-state index in [1.165, 1.54) is 29.3 Å². The van der Waals surface area contributed by atoms with Crippen molar-refractivity contribution in [2.24, 2.45) is 10.2 Å². The molecule has 0 saturated carbocycles. The number of hydrogen-bond donors (Lipinski definition) is 1. The molecule has 1 aliphatic rings. The van der Waals surface area contributed by atoms with Crippen molar-refractivity contribution >= 4 is 33.4 Å². The number of nitrogens with zero attached hydrogens (tertiary/aromatic N) is 2. The minimum atomic E-state index is -3.80. The van der Waals surface area contributed by atoms with Crippen LogP contribution in [0, 0.1) is 0 Å². The lowest BCUT2D eigenvalue weighted by Crippen LogP contribution is -2.21. The Balaban J connectivity index is 1.90. The first-order valence-electron chi connectivity index (χ1n) is 8.77. The second kappa shape index (κ2) is 7.95. The summed E-state index contributed by atoms with van der Waals surface area (Å²) in [4.78, 5) is 12.9. The van der Waals surface area contributed by atoms with Gasteiger partial charge in [-0.25, -0.2) is 13.6 Å². The van der Waals surface area contributed by atoms with E-state index in [4.69, 9.17) is 9.88 Å². The van der Waals surface area contributed by atoms with Crippen molar-refractivity contribution in [3.8, 4) is 5.75 Å². The van der Waals surface area contributed by atoms with Gasteiger partial charge in [0.05, 0.1) is 28.5 Å². The predicted molar refractivity (Wildman–Crippen MR) is 109 cm³/mol. The average molecular weight is 399 g/mol. The molecule has 3 rings (SSSR count). The molecule has 0 atom stereocenters. The Morgan fingerprint density at radius 3 is 2.46 bits per heavy atom. The second-order valence-corrected chi connectivity index (χ2v) is 7.85. The van der Waals surface area contributed by atoms with Crippen LogP contribution in [0.1, 0.15) is 25.8 Å². The van der Waals surface area contributed by atoms with Gasteiger partial charge in [-0.15, -0.1) is 0 Å². The Bertz CT molecular complexity index is 1060. The number of anilines is 1. The fraction of sp³-hybridized carbons (Fsp3) is 0.200. The molecule has 0 bridgehead atoms. The van der Waals surface area contributed by atoms with E-state index < -0.39 is 10.0 Å². The van der Waals surface area contributed by atoms with Gasteiger partial charge in [-0.1, -0.05) is 25.1 Å². The summed E-state index contributed by atoms with van der Waals surface area (Å²) in [6, 6.07) is 13.2. The molecule has 28 heavy (non-hydrogen) atoms. The van der Waals surface area contributed by atoms with E-state index >= 15 is 0 Å². The van der Waals surface area contributed by atoms with E-state index in [9.17, 15) is 13.2 Å². The topological polar surface area (TPSA) is 102 Å². The summed E-state index contributed by atoms with van der Waals surface area (Å²) in [5, 5.41) is 10.7. The summed E-state index contributed by atoms with van der Waals surface area (Å²) >= 11 is 0. The molecule has 1 aliphatic heterocycles. The number of hydrazone groups is 1. The fourth-order valence-electron chi connectivity index (χ4n) is 2.74. The van der Waals surface area contributed by atoms with Gasteiger partial charge in [-0.05, 0) is 49.8 Å². The lowest BCUT2D eigenvalue weighted by molar-refractivity contribution is -0.114. The van der Waals surface area contributed by atoms with Crippen LogP contribution in [0.25, 0.3) is 6.08 Å². The van der Waals surface area contributed by atoms with E-state index in [1.54, 1.807) is 13.0 Å². The Morgan fingerprint density at radius 1 is 1.14 bits per heavy atom. The minimum Gasteiger partial charge on any atom is -0.493 e. The van der Waals surface area contributed by atoms with Gasteiger partial charge in [-0.3, -0.25) is 4.79 Å². The Morgan fingerprint density at radius 2 is 1.82 bits per heavy atom. The molecule has 8 heteroatoms. The molecule has 2 aromatic rings. The van der Waals surface area contributed by atoms with Crippen LogP contribution in [0.3, 0.4) is 0 Å². The lowest BCUT2D eigenvalue weighted by atomic mass is 10.1. The smallest absolute Gasteiger partial charge is 0.280 e. The second-order valence-electron chi connectivity index (χ2n) is 6.29. The Kier molecular flexibility index (Phi) is 5.62. The molecule has 0 aliphatic carbocycles. The lowest BCUT2D eigenvalue weighted by Gasteiger charge is -2.12. The van der Waals surface area contributed by atoms with Gasteiger partial charge in [0.15, 0.2) is 0 Å². The van der Waals surface area contributed by atoms with Crippen molar-refractivity contribution in [3.05, 3.63) is 59.7 Å². The number of carbonyl (C=O) groups excluding carboxylic acids is 1. The number of ether oxygens (including phenoxy) is 1. The average Bonchev–Trinajstić information content (AvgIpc) is 2.95. The van der Waals surface area contributed by atoms with Crippen LogP contribution in [0.2, 0.25) is 0 Å². The number of benzene rings is 2. The number of hydrogen-bond acceptors (Lipinski definition) is 5. The molecule has 0 radical (unpaired) electrons. The Labute approximate surface area is 164 Å². The molecule has 2 N–H and O–H groups in total. The van der Waals surface area contributed by atoms with Crippen molar-refractivity contribution in [2.45, 2.75) is 25.2 Å². The minimum absolute atomic E-state index is 0.0265. The third kappa shape index (κ3) is 4.13. The van der Waals surface area contributed by atoms with Gasteiger partial charge < -0.3 is 4.74 Å². The summed E-state index contributed by atoms with van der Waals surface area (Å²) in [5.74, 6) is 0.402. The molecule has 0 aromatic heterocycles. The van der Waals surface area contributed by atoms with Crippen LogP contribution < -0.4 is 14.9 Å². The van der Waals surface area contributed by atoms with E-state index in [2.05, 4.69) is 5.10 Å². The summed E-state index contributed by atoms with van der Waals surface area (Å²) in [7, 11) is -3.80. The van der Waals surface area contributed by atoms with Gasteiger partial charge >= 0.3 is 0 Å². The number of sulfonamides is 1. The monoisotopic (exact) mass is 399 g/mol. The van der Waals surface area contributed by atoms with Crippen LogP contribution >= 0.6 is 0 Å². The van der Waals surface area contributed by atoms with Crippen LogP contribution in [0.4, 0.5) is 5.69 Å². The summed E-state index contributed by atoms with van der Waals surface area (Å²) in [6.45, 7) is 4.36. The predicted octanol–water partition coefficient (Wildman–Crippen LogP) is 2.93. The molecule has 0 fully saturated rings. The number of para-hydroxylation sites is 1.